The van der Waals surface area contributed by atoms with Gasteiger partial charge in [0.2, 0.25) is 5.91 Å². The van der Waals surface area contributed by atoms with Gasteiger partial charge in [-0.2, -0.15) is 5.10 Å². The predicted octanol–water partition coefficient (Wildman–Crippen LogP) is 2.34. The minimum atomic E-state index is -0.373. The zero-order valence-electron chi connectivity index (χ0n) is 13.2. The van der Waals surface area contributed by atoms with Crippen molar-refractivity contribution in [1.29, 1.82) is 0 Å². The third-order valence-electron chi connectivity index (χ3n) is 3.57. The van der Waals surface area contributed by atoms with Crippen molar-refractivity contribution >= 4 is 5.91 Å². The summed E-state index contributed by atoms with van der Waals surface area (Å²) in [5, 5.41) is 7.06. The molecule has 0 spiro atoms. The van der Waals surface area contributed by atoms with Gasteiger partial charge in [-0.15, -0.1) is 0 Å². The van der Waals surface area contributed by atoms with E-state index in [0.29, 0.717) is 11.5 Å². The number of aromatic nitrogens is 2. The Morgan fingerprint density at radius 1 is 1.27 bits per heavy atom. The highest BCUT2D eigenvalue weighted by molar-refractivity contribution is 5.80. The summed E-state index contributed by atoms with van der Waals surface area (Å²) in [4.78, 5) is 12.3. The summed E-state index contributed by atoms with van der Waals surface area (Å²) in [6, 6.07) is 6.76. The number of rotatable bonds is 6. The number of nitrogens with zero attached hydrogens (tertiary/aromatic N) is 2. The maximum Gasteiger partial charge on any atom is 0.245 e. The van der Waals surface area contributed by atoms with Crippen LogP contribution in [0.3, 0.4) is 0 Å². The number of carbonyl (C=O) groups excluding carboxylic acids is 1. The molecule has 6 nitrogen and oxygen atoms in total. The lowest BCUT2D eigenvalue weighted by molar-refractivity contribution is -0.124. The normalized spacial score (nSPS) is 13.3. The Bertz CT molecular complexity index is 626. The first-order valence-electron chi connectivity index (χ1n) is 7.08. The van der Waals surface area contributed by atoms with E-state index in [0.717, 1.165) is 5.56 Å². The summed E-state index contributed by atoms with van der Waals surface area (Å²) in [5.74, 6) is 1.29. The SMILES string of the molecule is COc1ccc([C@H](C)NC(=O)[C@H](C)n2cccn2)c(OC)c1. The second-order valence-electron chi connectivity index (χ2n) is 5.00. The summed E-state index contributed by atoms with van der Waals surface area (Å²) in [6.07, 6.45) is 3.42. The Labute approximate surface area is 130 Å². The first-order valence-corrected chi connectivity index (χ1v) is 7.08. The molecule has 0 fully saturated rings. The number of benzene rings is 1. The summed E-state index contributed by atoms with van der Waals surface area (Å²) in [5.41, 5.74) is 0.893. The van der Waals surface area contributed by atoms with Crippen molar-refractivity contribution in [3.8, 4) is 11.5 Å². The van der Waals surface area contributed by atoms with Crippen LogP contribution < -0.4 is 14.8 Å². The van der Waals surface area contributed by atoms with E-state index < -0.39 is 0 Å². The minimum Gasteiger partial charge on any atom is -0.497 e. The molecule has 0 bridgehead atoms. The molecule has 118 valence electrons. The van der Waals surface area contributed by atoms with Crippen LogP contribution in [-0.4, -0.2) is 29.9 Å². The van der Waals surface area contributed by atoms with Crippen molar-refractivity contribution in [3.05, 3.63) is 42.2 Å². The van der Waals surface area contributed by atoms with Gasteiger partial charge >= 0.3 is 0 Å². The van der Waals surface area contributed by atoms with Crippen molar-refractivity contribution in [2.75, 3.05) is 14.2 Å². The van der Waals surface area contributed by atoms with Crippen LogP contribution in [0.4, 0.5) is 0 Å². The highest BCUT2D eigenvalue weighted by atomic mass is 16.5. The van der Waals surface area contributed by atoms with Gasteiger partial charge < -0.3 is 14.8 Å². The fourth-order valence-electron chi connectivity index (χ4n) is 2.22. The van der Waals surface area contributed by atoms with Gasteiger partial charge in [-0.1, -0.05) is 0 Å². The van der Waals surface area contributed by atoms with E-state index in [1.54, 1.807) is 50.4 Å². The molecule has 1 aromatic carbocycles. The average molecular weight is 303 g/mol. The van der Waals surface area contributed by atoms with Gasteiger partial charge in [-0.3, -0.25) is 9.48 Å². The molecule has 2 atom stereocenters. The first-order chi connectivity index (χ1) is 10.6. The molecular weight excluding hydrogens is 282 g/mol. The molecule has 22 heavy (non-hydrogen) atoms. The van der Waals surface area contributed by atoms with E-state index in [2.05, 4.69) is 10.4 Å². The Balaban J connectivity index is 2.11. The van der Waals surface area contributed by atoms with E-state index in [4.69, 9.17) is 9.47 Å². The number of hydrogen-bond acceptors (Lipinski definition) is 4. The molecule has 0 radical (unpaired) electrons. The van der Waals surface area contributed by atoms with Gasteiger partial charge in [0.15, 0.2) is 0 Å². The molecule has 0 unspecified atom stereocenters. The quantitative estimate of drug-likeness (QED) is 0.889. The molecule has 0 saturated heterocycles. The molecule has 2 aromatic rings. The number of amides is 1. The first kappa shape index (κ1) is 15.9. The Morgan fingerprint density at radius 3 is 2.64 bits per heavy atom. The van der Waals surface area contributed by atoms with E-state index >= 15 is 0 Å². The van der Waals surface area contributed by atoms with Crippen molar-refractivity contribution in [3.63, 3.8) is 0 Å². The molecule has 0 aliphatic carbocycles. The van der Waals surface area contributed by atoms with Crippen LogP contribution in [0, 0.1) is 0 Å². The number of methoxy groups -OCH3 is 2. The van der Waals surface area contributed by atoms with E-state index in [1.807, 2.05) is 19.1 Å². The van der Waals surface area contributed by atoms with Crippen LogP contribution in [0.15, 0.2) is 36.7 Å². The van der Waals surface area contributed by atoms with Gasteiger partial charge in [-0.25, -0.2) is 0 Å². The summed E-state index contributed by atoms with van der Waals surface area (Å²) >= 11 is 0. The molecule has 0 aliphatic rings. The lowest BCUT2D eigenvalue weighted by Gasteiger charge is -2.20. The van der Waals surface area contributed by atoms with Gasteiger partial charge in [-0.05, 0) is 32.0 Å². The van der Waals surface area contributed by atoms with Crippen molar-refractivity contribution < 1.29 is 14.3 Å². The lowest BCUT2D eigenvalue weighted by atomic mass is 10.1. The van der Waals surface area contributed by atoms with E-state index in [-0.39, 0.29) is 18.0 Å². The highest BCUT2D eigenvalue weighted by Gasteiger charge is 2.20. The number of hydrogen-bond donors (Lipinski definition) is 1. The number of nitrogens with one attached hydrogen (secondary N) is 1. The third kappa shape index (κ3) is 3.39. The molecule has 1 N–H and O–H groups in total. The predicted molar refractivity (Wildman–Crippen MR) is 83.0 cm³/mol. The van der Waals surface area contributed by atoms with Gasteiger partial charge in [0.1, 0.15) is 17.5 Å². The molecule has 1 aromatic heterocycles. The van der Waals surface area contributed by atoms with E-state index in [1.165, 1.54) is 0 Å². The van der Waals surface area contributed by atoms with Gasteiger partial charge in [0, 0.05) is 24.0 Å². The van der Waals surface area contributed by atoms with Crippen LogP contribution in [0.1, 0.15) is 31.5 Å². The Kier molecular flexibility index (Phi) is 5.04. The fraction of sp³-hybridized carbons (Fsp3) is 0.375. The van der Waals surface area contributed by atoms with Crippen LogP contribution in [0.2, 0.25) is 0 Å². The molecular formula is C16H21N3O3. The maximum atomic E-state index is 12.3. The Hall–Kier alpha value is -2.50. The second-order valence-corrected chi connectivity index (χ2v) is 5.00. The van der Waals surface area contributed by atoms with Crippen LogP contribution in [0.25, 0.3) is 0 Å². The lowest BCUT2D eigenvalue weighted by Crippen LogP contribution is -2.33. The molecule has 0 aliphatic heterocycles. The standard InChI is InChI=1S/C16H21N3O3/c1-11(14-7-6-13(21-3)10-15(14)22-4)18-16(20)12(2)19-9-5-8-17-19/h5-12H,1-4H3,(H,18,20)/t11-,12-/m0/s1. The molecule has 1 heterocycles. The minimum absolute atomic E-state index is 0.103. The maximum absolute atomic E-state index is 12.3. The highest BCUT2D eigenvalue weighted by Crippen LogP contribution is 2.29. The molecule has 1 amide bonds. The summed E-state index contributed by atoms with van der Waals surface area (Å²) in [6.45, 7) is 3.72. The van der Waals surface area contributed by atoms with Crippen LogP contribution in [-0.2, 0) is 4.79 Å². The average Bonchev–Trinajstić information content (AvgIpc) is 3.07. The zero-order valence-corrected chi connectivity index (χ0v) is 13.2. The van der Waals surface area contributed by atoms with Gasteiger partial charge in [0.25, 0.3) is 0 Å². The Morgan fingerprint density at radius 2 is 2.05 bits per heavy atom. The second kappa shape index (κ2) is 6.98. The molecule has 0 saturated carbocycles. The van der Waals surface area contributed by atoms with Crippen molar-refractivity contribution in [2.45, 2.75) is 25.9 Å². The van der Waals surface area contributed by atoms with Crippen molar-refractivity contribution in [1.82, 2.24) is 15.1 Å². The fourth-order valence-corrected chi connectivity index (χ4v) is 2.22. The monoisotopic (exact) mass is 303 g/mol. The summed E-state index contributed by atoms with van der Waals surface area (Å²) in [7, 11) is 3.20. The largest absolute Gasteiger partial charge is 0.497 e. The smallest absolute Gasteiger partial charge is 0.245 e. The molecule has 6 heteroatoms. The van der Waals surface area contributed by atoms with Crippen LogP contribution >= 0.6 is 0 Å². The van der Waals surface area contributed by atoms with Gasteiger partial charge in [0.05, 0.1) is 20.3 Å². The van der Waals surface area contributed by atoms with E-state index in [9.17, 15) is 4.79 Å². The van der Waals surface area contributed by atoms with Crippen molar-refractivity contribution in [2.24, 2.45) is 0 Å². The topological polar surface area (TPSA) is 65.4 Å². The molecule has 2 rings (SSSR count). The number of carbonyl (C=O) groups is 1. The zero-order chi connectivity index (χ0) is 16.1. The summed E-state index contributed by atoms with van der Waals surface area (Å²) < 4.78 is 12.2. The van der Waals surface area contributed by atoms with Crippen LogP contribution in [0.5, 0.6) is 11.5 Å². The number of ether oxygens (including phenoxy) is 2. The third-order valence-corrected chi connectivity index (χ3v) is 3.57.